The molecule has 0 amide bonds. The molecule has 1 saturated heterocycles. The van der Waals surface area contributed by atoms with Crippen LogP contribution in [0.5, 0.6) is 11.5 Å². The summed E-state index contributed by atoms with van der Waals surface area (Å²) >= 11 is 0. The average Bonchev–Trinajstić information content (AvgIpc) is 2.48. The smallest absolute Gasteiger partial charge is 0.161 e. The number of benzene rings is 1. The quantitative estimate of drug-likeness (QED) is 0.910. The molecular formula is C15H20O4. The van der Waals surface area contributed by atoms with Crippen molar-refractivity contribution in [2.45, 2.75) is 25.4 Å². The number of ether oxygens (including phenoxy) is 3. The van der Waals surface area contributed by atoms with Crippen molar-refractivity contribution in [3.05, 3.63) is 23.8 Å². The molecule has 104 valence electrons. The zero-order valence-corrected chi connectivity index (χ0v) is 11.0. The van der Waals surface area contributed by atoms with Gasteiger partial charge in [0, 0.05) is 13.2 Å². The summed E-state index contributed by atoms with van der Waals surface area (Å²) < 4.78 is 16.4. The summed E-state index contributed by atoms with van der Waals surface area (Å²) in [7, 11) is 0. The third-order valence-corrected chi connectivity index (χ3v) is 3.85. The van der Waals surface area contributed by atoms with Crippen molar-refractivity contribution in [3.63, 3.8) is 0 Å². The highest BCUT2D eigenvalue weighted by molar-refractivity contribution is 5.44. The van der Waals surface area contributed by atoms with Crippen LogP contribution in [0.4, 0.5) is 0 Å². The van der Waals surface area contributed by atoms with Gasteiger partial charge in [0.15, 0.2) is 11.5 Å². The van der Waals surface area contributed by atoms with Gasteiger partial charge in [-0.25, -0.2) is 0 Å². The van der Waals surface area contributed by atoms with E-state index in [9.17, 15) is 5.11 Å². The van der Waals surface area contributed by atoms with Crippen molar-refractivity contribution >= 4 is 0 Å². The molecule has 3 rings (SSSR count). The van der Waals surface area contributed by atoms with Crippen LogP contribution in [0.3, 0.4) is 0 Å². The van der Waals surface area contributed by atoms with E-state index in [0.29, 0.717) is 19.1 Å². The van der Waals surface area contributed by atoms with Crippen molar-refractivity contribution in [1.29, 1.82) is 0 Å². The summed E-state index contributed by atoms with van der Waals surface area (Å²) in [6.07, 6.45) is 2.45. The van der Waals surface area contributed by atoms with Crippen molar-refractivity contribution < 1.29 is 19.3 Å². The number of hydrogen-bond acceptors (Lipinski definition) is 4. The number of aliphatic hydroxyl groups excluding tert-OH is 1. The molecule has 0 aromatic heterocycles. The average molecular weight is 264 g/mol. The normalized spacial score (nSPS) is 21.1. The molecule has 1 aromatic rings. The third kappa shape index (κ3) is 3.01. The molecule has 1 unspecified atom stereocenters. The zero-order valence-electron chi connectivity index (χ0n) is 11.0. The molecule has 0 spiro atoms. The topological polar surface area (TPSA) is 47.9 Å². The van der Waals surface area contributed by atoms with Crippen LogP contribution >= 0.6 is 0 Å². The van der Waals surface area contributed by atoms with Crippen LogP contribution in [0.25, 0.3) is 0 Å². The summed E-state index contributed by atoms with van der Waals surface area (Å²) in [5, 5.41) is 10.3. The second-order valence-corrected chi connectivity index (χ2v) is 5.21. The SMILES string of the molecule is OC(CC1CCOCC1)c1ccc2c(c1)OCCO2. The molecule has 2 aliphatic heterocycles. The van der Waals surface area contributed by atoms with Crippen LogP contribution in [0.2, 0.25) is 0 Å². The van der Waals surface area contributed by atoms with E-state index in [1.807, 2.05) is 18.2 Å². The largest absolute Gasteiger partial charge is 0.486 e. The fraction of sp³-hybridized carbons (Fsp3) is 0.600. The van der Waals surface area contributed by atoms with Crippen molar-refractivity contribution in [1.82, 2.24) is 0 Å². The molecule has 1 atom stereocenters. The highest BCUT2D eigenvalue weighted by atomic mass is 16.6. The third-order valence-electron chi connectivity index (χ3n) is 3.85. The molecule has 0 saturated carbocycles. The molecule has 1 fully saturated rings. The van der Waals surface area contributed by atoms with E-state index in [2.05, 4.69) is 0 Å². The molecule has 4 heteroatoms. The lowest BCUT2D eigenvalue weighted by Crippen LogP contribution is -2.18. The molecule has 1 aromatic carbocycles. The van der Waals surface area contributed by atoms with Crippen LogP contribution in [0.15, 0.2) is 18.2 Å². The first kappa shape index (κ1) is 12.8. The minimum atomic E-state index is -0.432. The maximum absolute atomic E-state index is 10.3. The number of hydrogen-bond donors (Lipinski definition) is 1. The van der Waals surface area contributed by atoms with E-state index in [1.165, 1.54) is 0 Å². The van der Waals surface area contributed by atoms with Crippen LogP contribution < -0.4 is 9.47 Å². The van der Waals surface area contributed by atoms with Crippen LogP contribution in [-0.2, 0) is 4.74 Å². The molecule has 0 radical (unpaired) electrons. The van der Waals surface area contributed by atoms with Gasteiger partial charge >= 0.3 is 0 Å². The molecular weight excluding hydrogens is 244 g/mol. The van der Waals surface area contributed by atoms with Gasteiger partial charge in [-0.15, -0.1) is 0 Å². The Bertz CT molecular complexity index is 426. The monoisotopic (exact) mass is 264 g/mol. The second-order valence-electron chi connectivity index (χ2n) is 5.21. The van der Waals surface area contributed by atoms with Crippen molar-refractivity contribution in [3.8, 4) is 11.5 Å². The fourth-order valence-electron chi connectivity index (χ4n) is 2.70. The number of fused-ring (bicyclic) bond motifs is 1. The van der Waals surface area contributed by atoms with Crippen LogP contribution in [0, 0.1) is 5.92 Å². The Balaban J connectivity index is 1.67. The standard InChI is InChI=1S/C15H20O4/c16-13(9-11-3-5-17-6-4-11)12-1-2-14-15(10-12)19-8-7-18-14/h1-2,10-11,13,16H,3-9H2. The minimum Gasteiger partial charge on any atom is -0.486 e. The summed E-state index contributed by atoms with van der Waals surface area (Å²) in [4.78, 5) is 0. The van der Waals surface area contributed by atoms with E-state index < -0.39 is 6.10 Å². The zero-order chi connectivity index (χ0) is 13.1. The van der Waals surface area contributed by atoms with E-state index in [0.717, 1.165) is 49.5 Å². The molecule has 4 nitrogen and oxygen atoms in total. The minimum absolute atomic E-state index is 0.432. The Kier molecular flexibility index (Phi) is 3.89. The first-order valence-corrected chi connectivity index (χ1v) is 6.98. The summed E-state index contributed by atoms with van der Waals surface area (Å²) in [6.45, 7) is 2.81. The van der Waals surface area contributed by atoms with E-state index >= 15 is 0 Å². The Morgan fingerprint density at radius 2 is 1.79 bits per heavy atom. The van der Waals surface area contributed by atoms with Gasteiger partial charge in [-0.3, -0.25) is 0 Å². The Morgan fingerprint density at radius 3 is 2.58 bits per heavy atom. The highest BCUT2D eigenvalue weighted by Crippen LogP contribution is 2.35. The molecule has 2 heterocycles. The summed E-state index contributed by atoms with van der Waals surface area (Å²) in [5.41, 5.74) is 0.913. The van der Waals surface area contributed by atoms with E-state index in [4.69, 9.17) is 14.2 Å². The lowest BCUT2D eigenvalue weighted by Gasteiger charge is -2.25. The molecule has 0 bridgehead atoms. The highest BCUT2D eigenvalue weighted by Gasteiger charge is 2.20. The van der Waals surface area contributed by atoms with Gasteiger partial charge in [0.05, 0.1) is 6.10 Å². The predicted octanol–water partition coefficient (Wildman–Crippen LogP) is 2.31. The van der Waals surface area contributed by atoms with Gasteiger partial charge in [0.25, 0.3) is 0 Å². The second kappa shape index (κ2) is 5.80. The van der Waals surface area contributed by atoms with Crippen LogP contribution in [-0.4, -0.2) is 31.5 Å². The summed E-state index contributed by atoms with van der Waals surface area (Å²) in [5.74, 6) is 2.07. The first-order chi connectivity index (χ1) is 9.33. The van der Waals surface area contributed by atoms with Gasteiger partial charge in [0.2, 0.25) is 0 Å². The van der Waals surface area contributed by atoms with Gasteiger partial charge in [0.1, 0.15) is 13.2 Å². The van der Waals surface area contributed by atoms with Gasteiger partial charge < -0.3 is 19.3 Å². The van der Waals surface area contributed by atoms with E-state index in [-0.39, 0.29) is 0 Å². The van der Waals surface area contributed by atoms with E-state index in [1.54, 1.807) is 0 Å². The lowest BCUT2D eigenvalue weighted by molar-refractivity contribution is 0.0434. The summed E-state index contributed by atoms with van der Waals surface area (Å²) in [6, 6.07) is 5.72. The Labute approximate surface area is 113 Å². The lowest BCUT2D eigenvalue weighted by atomic mass is 9.91. The molecule has 0 aliphatic carbocycles. The van der Waals surface area contributed by atoms with Gasteiger partial charge in [-0.1, -0.05) is 6.07 Å². The van der Waals surface area contributed by atoms with Gasteiger partial charge in [-0.2, -0.15) is 0 Å². The maximum Gasteiger partial charge on any atom is 0.161 e. The van der Waals surface area contributed by atoms with Crippen molar-refractivity contribution in [2.24, 2.45) is 5.92 Å². The Hall–Kier alpha value is -1.26. The fourth-order valence-corrected chi connectivity index (χ4v) is 2.70. The predicted molar refractivity (Wildman–Crippen MR) is 70.6 cm³/mol. The molecule has 2 aliphatic rings. The molecule has 19 heavy (non-hydrogen) atoms. The first-order valence-electron chi connectivity index (χ1n) is 6.98. The number of rotatable bonds is 3. The van der Waals surface area contributed by atoms with Crippen LogP contribution in [0.1, 0.15) is 30.9 Å². The maximum atomic E-state index is 10.3. The Morgan fingerprint density at radius 1 is 1.05 bits per heavy atom. The van der Waals surface area contributed by atoms with Gasteiger partial charge in [-0.05, 0) is 42.9 Å². The number of aliphatic hydroxyl groups is 1. The molecule has 1 N–H and O–H groups in total. The van der Waals surface area contributed by atoms with Crippen molar-refractivity contribution in [2.75, 3.05) is 26.4 Å².